The van der Waals surface area contributed by atoms with E-state index in [0.717, 1.165) is 45.2 Å². The molecule has 130 valence electrons. The zero-order valence-electron chi connectivity index (χ0n) is 14.1. The minimum absolute atomic E-state index is 0. The van der Waals surface area contributed by atoms with Crippen molar-refractivity contribution in [1.82, 2.24) is 5.32 Å². The van der Waals surface area contributed by atoms with E-state index in [0.29, 0.717) is 11.8 Å². The fraction of sp³-hybridized carbons (Fsp3) is 0.632. The van der Waals surface area contributed by atoms with Crippen molar-refractivity contribution in [2.45, 2.75) is 57.8 Å². The van der Waals surface area contributed by atoms with Crippen LogP contribution in [0.15, 0.2) is 30.3 Å². The summed E-state index contributed by atoms with van der Waals surface area (Å²) in [4.78, 5) is 12.0. The lowest BCUT2D eigenvalue weighted by Crippen LogP contribution is -2.43. The lowest BCUT2D eigenvalue weighted by molar-refractivity contribution is -0.122. The molecule has 0 saturated heterocycles. The molecule has 4 heteroatoms. The van der Waals surface area contributed by atoms with Crippen molar-refractivity contribution in [3.63, 3.8) is 0 Å². The van der Waals surface area contributed by atoms with Crippen LogP contribution in [0.3, 0.4) is 0 Å². The monoisotopic (exact) mass is 338 g/mol. The molecule has 0 bridgehead atoms. The number of carbonyl (C=O) groups is 1. The summed E-state index contributed by atoms with van der Waals surface area (Å²) < 4.78 is 0. The normalized spacial score (nSPS) is 15.3. The van der Waals surface area contributed by atoms with E-state index in [2.05, 4.69) is 35.6 Å². The highest BCUT2D eigenvalue weighted by atomic mass is 35.5. The van der Waals surface area contributed by atoms with E-state index >= 15 is 0 Å². The van der Waals surface area contributed by atoms with Gasteiger partial charge in [0.15, 0.2) is 0 Å². The van der Waals surface area contributed by atoms with Gasteiger partial charge in [-0.3, -0.25) is 4.79 Å². The fourth-order valence-corrected chi connectivity index (χ4v) is 3.28. The molecule has 0 heterocycles. The maximum Gasteiger partial charge on any atom is 0.220 e. The SMILES string of the molecule is Cl.NCCCCCCC(=O)NCC1(Cc2ccccc2)CCC1. The Kier molecular flexibility index (Phi) is 9.27. The highest BCUT2D eigenvalue weighted by Gasteiger charge is 2.37. The van der Waals surface area contributed by atoms with Crippen molar-refractivity contribution in [2.24, 2.45) is 11.1 Å². The lowest BCUT2D eigenvalue weighted by atomic mass is 9.65. The molecule has 3 nitrogen and oxygen atoms in total. The summed E-state index contributed by atoms with van der Waals surface area (Å²) in [6.45, 7) is 1.59. The van der Waals surface area contributed by atoms with Crippen LogP contribution in [0.25, 0.3) is 0 Å². The predicted octanol–water partition coefficient (Wildman–Crippen LogP) is 3.85. The van der Waals surface area contributed by atoms with Gasteiger partial charge in [-0.05, 0) is 49.6 Å². The smallest absolute Gasteiger partial charge is 0.220 e. The summed E-state index contributed by atoms with van der Waals surface area (Å²) in [6.07, 6.45) is 9.82. The van der Waals surface area contributed by atoms with Crippen LogP contribution in [-0.4, -0.2) is 19.0 Å². The van der Waals surface area contributed by atoms with Crippen molar-refractivity contribution < 1.29 is 4.79 Å². The number of amides is 1. The molecule has 0 aliphatic heterocycles. The van der Waals surface area contributed by atoms with Crippen LogP contribution in [0.1, 0.15) is 56.9 Å². The minimum Gasteiger partial charge on any atom is -0.356 e. The van der Waals surface area contributed by atoms with Crippen molar-refractivity contribution in [3.8, 4) is 0 Å². The minimum atomic E-state index is 0. The summed E-state index contributed by atoms with van der Waals surface area (Å²) in [7, 11) is 0. The first-order valence-electron chi connectivity index (χ1n) is 8.75. The number of carbonyl (C=O) groups excluding carboxylic acids is 1. The molecule has 1 aliphatic carbocycles. The van der Waals surface area contributed by atoms with E-state index in [-0.39, 0.29) is 18.3 Å². The van der Waals surface area contributed by atoms with E-state index in [9.17, 15) is 4.79 Å². The maximum atomic E-state index is 12.0. The highest BCUT2D eigenvalue weighted by Crippen LogP contribution is 2.43. The van der Waals surface area contributed by atoms with Gasteiger partial charge < -0.3 is 11.1 Å². The van der Waals surface area contributed by atoms with Crippen molar-refractivity contribution in [1.29, 1.82) is 0 Å². The van der Waals surface area contributed by atoms with E-state index in [1.54, 1.807) is 0 Å². The number of unbranched alkanes of at least 4 members (excludes halogenated alkanes) is 3. The molecule has 0 aromatic heterocycles. The molecule has 1 saturated carbocycles. The van der Waals surface area contributed by atoms with Gasteiger partial charge in [-0.2, -0.15) is 0 Å². The van der Waals surface area contributed by atoms with E-state index < -0.39 is 0 Å². The standard InChI is InChI=1S/C19H30N2O.ClH/c20-14-7-2-1-6-11-18(22)21-16-19(12-8-13-19)15-17-9-4-3-5-10-17;/h3-5,9-10H,1-2,6-8,11-16,20H2,(H,21,22);1H. The Morgan fingerprint density at radius 3 is 2.39 bits per heavy atom. The van der Waals surface area contributed by atoms with Crippen LogP contribution < -0.4 is 11.1 Å². The summed E-state index contributed by atoms with van der Waals surface area (Å²) in [6, 6.07) is 10.6. The van der Waals surface area contributed by atoms with Gasteiger partial charge in [0, 0.05) is 13.0 Å². The van der Waals surface area contributed by atoms with E-state index in [4.69, 9.17) is 5.73 Å². The van der Waals surface area contributed by atoms with Gasteiger partial charge in [0.2, 0.25) is 5.91 Å². The summed E-state index contributed by atoms with van der Waals surface area (Å²) in [5.74, 6) is 0.215. The number of halogens is 1. The van der Waals surface area contributed by atoms with Gasteiger partial charge in [-0.1, -0.05) is 49.6 Å². The highest BCUT2D eigenvalue weighted by molar-refractivity contribution is 5.85. The Morgan fingerprint density at radius 1 is 1.09 bits per heavy atom. The average Bonchev–Trinajstić information content (AvgIpc) is 2.50. The Bertz CT molecular complexity index is 446. The molecule has 0 radical (unpaired) electrons. The molecular weight excluding hydrogens is 308 g/mol. The number of benzene rings is 1. The Balaban J connectivity index is 0.00000264. The molecule has 2 rings (SSSR count). The van der Waals surface area contributed by atoms with Crippen LogP contribution in [0, 0.1) is 5.41 Å². The van der Waals surface area contributed by atoms with Gasteiger partial charge in [0.1, 0.15) is 0 Å². The number of rotatable bonds is 10. The summed E-state index contributed by atoms with van der Waals surface area (Å²) >= 11 is 0. The van der Waals surface area contributed by atoms with Gasteiger partial charge in [-0.25, -0.2) is 0 Å². The first kappa shape index (κ1) is 20.0. The lowest BCUT2D eigenvalue weighted by Gasteiger charge is -2.42. The van der Waals surface area contributed by atoms with E-state index in [1.807, 2.05) is 0 Å². The Labute approximate surface area is 146 Å². The van der Waals surface area contributed by atoms with Gasteiger partial charge >= 0.3 is 0 Å². The maximum absolute atomic E-state index is 12.0. The van der Waals surface area contributed by atoms with Crippen LogP contribution in [-0.2, 0) is 11.2 Å². The van der Waals surface area contributed by atoms with Crippen molar-refractivity contribution in [2.75, 3.05) is 13.1 Å². The third-order valence-corrected chi connectivity index (χ3v) is 4.85. The first-order valence-corrected chi connectivity index (χ1v) is 8.75. The topological polar surface area (TPSA) is 55.1 Å². The number of hydrogen-bond acceptors (Lipinski definition) is 2. The molecule has 1 aliphatic rings. The predicted molar refractivity (Wildman–Crippen MR) is 98.8 cm³/mol. The zero-order chi connectivity index (χ0) is 15.7. The molecule has 1 amide bonds. The van der Waals surface area contributed by atoms with Gasteiger partial charge in [0.05, 0.1) is 0 Å². The van der Waals surface area contributed by atoms with Crippen LogP contribution in [0.2, 0.25) is 0 Å². The third-order valence-electron chi connectivity index (χ3n) is 4.85. The Hall–Kier alpha value is -1.06. The molecule has 3 N–H and O–H groups in total. The van der Waals surface area contributed by atoms with Crippen molar-refractivity contribution >= 4 is 18.3 Å². The summed E-state index contributed by atoms with van der Waals surface area (Å²) in [5, 5.41) is 3.17. The molecule has 1 fully saturated rings. The molecule has 0 unspecified atom stereocenters. The third kappa shape index (κ3) is 6.92. The first-order chi connectivity index (χ1) is 10.7. The quantitative estimate of drug-likeness (QED) is 0.637. The van der Waals surface area contributed by atoms with Crippen LogP contribution in [0.5, 0.6) is 0 Å². The molecule has 0 atom stereocenters. The Morgan fingerprint density at radius 2 is 1.78 bits per heavy atom. The fourth-order valence-electron chi connectivity index (χ4n) is 3.28. The van der Waals surface area contributed by atoms with Gasteiger partial charge in [0.25, 0.3) is 0 Å². The molecule has 1 aromatic rings. The number of nitrogens with one attached hydrogen (secondary N) is 1. The molecule has 23 heavy (non-hydrogen) atoms. The number of nitrogens with two attached hydrogens (primary N) is 1. The average molecular weight is 339 g/mol. The largest absolute Gasteiger partial charge is 0.356 e. The van der Waals surface area contributed by atoms with Crippen LogP contribution >= 0.6 is 12.4 Å². The van der Waals surface area contributed by atoms with Gasteiger partial charge in [-0.15, -0.1) is 12.4 Å². The molecule has 0 spiro atoms. The number of hydrogen-bond donors (Lipinski definition) is 2. The molecule has 1 aromatic carbocycles. The second kappa shape index (κ2) is 10.7. The second-order valence-corrected chi connectivity index (χ2v) is 6.75. The van der Waals surface area contributed by atoms with Crippen molar-refractivity contribution in [3.05, 3.63) is 35.9 Å². The summed E-state index contributed by atoms with van der Waals surface area (Å²) in [5.41, 5.74) is 7.16. The zero-order valence-corrected chi connectivity index (χ0v) is 14.9. The van der Waals surface area contributed by atoms with Crippen LogP contribution in [0.4, 0.5) is 0 Å². The second-order valence-electron chi connectivity index (χ2n) is 6.75. The molecular formula is C19H31ClN2O. The van der Waals surface area contributed by atoms with E-state index in [1.165, 1.54) is 24.8 Å².